The van der Waals surface area contributed by atoms with Crippen molar-refractivity contribution in [2.45, 2.75) is 26.4 Å². The minimum atomic E-state index is -0.520. The van der Waals surface area contributed by atoms with Gasteiger partial charge in [-0.25, -0.2) is 0 Å². The molecule has 72 valence electrons. The third kappa shape index (κ3) is 5.15. The second-order valence-corrected chi connectivity index (χ2v) is 2.96. The summed E-state index contributed by atoms with van der Waals surface area (Å²) in [7, 11) is 0. The molecule has 0 aliphatic rings. The Hall–Kier alpha value is -1.15. The van der Waals surface area contributed by atoms with Gasteiger partial charge in [0, 0.05) is 0 Å². The zero-order valence-corrected chi connectivity index (χ0v) is 8.16. The fourth-order valence-corrected chi connectivity index (χ4v) is 0.828. The predicted molar refractivity (Wildman–Crippen MR) is 54.4 cm³/mol. The van der Waals surface area contributed by atoms with Crippen LogP contribution in [0.1, 0.15) is 20.3 Å². The Morgan fingerprint density at radius 2 is 2.15 bits per heavy atom. The molecule has 0 aliphatic heterocycles. The number of carbonyl (C=O) groups is 1. The van der Waals surface area contributed by atoms with E-state index in [4.69, 9.17) is 0 Å². The van der Waals surface area contributed by atoms with Crippen LogP contribution >= 0.6 is 0 Å². The van der Waals surface area contributed by atoms with Gasteiger partial charge in [0.15, 0.2) is 0 Å². The van der Waals surface area contributed by atoms with Crippen LogP contribution in [0, 0.1) is 0 Å². The first-order valence-corrected chi connectivity index (χ1v) is 4.21. The van der Waals surface area contributed by atoms with E-state index in [9.17, 15) is 9.90 Å². The first-order chi connectivity index (χ1) is 6.11. The minimum Gasteiger partial charge on any atom is -0.388 e. The van der Waals surface area contributed by atoms with Crippen LogP contribution in [0.5, 0.6) is 0 Å². The number of hydrogen-bond acceptors (Lipinski definition) is 2. The molecule has 2 nitrogen and oxygen atoms in total. The maximum Gasteiger partial charge on any atom is 0.145 e. The molecule has 1 atom stereocenters. The van der Waals surface area contributed by atoms with Gasteiger partial charge in [0.05, 0.1) is 6.10 Å². The summed E-state index contributed by atoms with van der Waals surface area (Å²) < 4.78 is 0. The van der Waals surface area contributed by atoms with Gasteiger partial charge >= 0.3 is 0 Å². The monoisotopic (exact) mass is 180 g/mol. The molecule has 1 N–H and O–H groups in total. The SMILES string of the molecule is C=C/C=C(\C)[C@H](O)C/C=C(\C)C=O. The molecule has 0 bridgehead atoms. The average Bonchev–Trinajstić information content (AvgIpc) is 2.13. The summed E-state index contributed by atoms with van der Waals surface area (Å²) in [6, 6.07) is 0. The van der Waals surface area contributed by atoms with Gasteiger partial charge in [-0.1, -0.05) is 24.8 Å². The highest BCUT2D eigenvalue weighted by molar-refractivity contribution is 5.71. The summed E-state index contributed by atoms with van der Waals surface area (Å²) in [4.78, 5) is 10.2. The van der Waals surface area contributed by atoms with Gasteiger partial charge in [0.25, 0.3) is 0 Å². The van der Waals surface area contributed by atoms with Crippen LogP contribution < -0.4 is 0 Å². The van der Waals surface area contributed by atoms with Gasteiger partial charge in [-0.2, -0.15) is 0 Å². The quantitative estimate of drug-likeness (QED) is 0.399. The number of hydrogen-bond donors (Lipinski definition) is 1. The van der Waals surface area contributed by atoms with Crippen molar-refractivity contribution in [1.82, 2.24) is 0 Å². The van der Waals surface area contributed by atoms with E-state index in [1.807, 2.05) is 6.92 Å². The molecule has 0 aromatic rings. The van der Waals surface area contributed by atoms with Crippen molar-refractivity contribution in [3.63, 3.8) is 0 Å². The molecule has 0 aromatic heterocycles. The molecule has 0 spiro atoms. The van der Waals surface area contributed by atoms with E-state index < -0.39 is 6.10 Å². The molecule has 0 aromatic carbocycles. The van der Waals surface area contributed by atoms with E-state index >= 15 is 0 Å². The Kier molecular flexibility index (Phi) is 5.81. The highest BCUT2D eigenvalue weighted by Crippen LogP contribution is 2.07. The predicted octanol–water partition coefficient (Wildman–Crippen LogP) is 2.01. The zero-order chi connectivity index (χ0) is 10.3. The molecule has 0 saturated heterocycles. The molecule has 0 saturated carbocycles. The lowest BCUT2D eigenvalue weighted by atomic mass is 10.1. The van der Waals surface area contributed by atoms with E-state index in [0.29, 0.717) is 12.0 Å². The van der Waals surface area contributed by atoms with Crippen molar-refractivity contribution >= 4 is 6.29 Å². The molecule has 13 heavy (non-hydrogen) atoms. The number of aldehydes is 1. The summed E-state index contributed by atoms with van der Waals surface area (Å²) in [6.45, 7) is 7.08. The standard InChI is InChI=1S/C11H16O2/c1-4-5-10(3)11(13)7-6-9(2)8-12/h4-6,8,11,13H,1,7H2,2-3H3/b9-6+,10-5+/t11-/m1/s1. The Morgan fingerprint density at radius 1 is 1.54 bits per heavy atom. The Labute approximate surface area is 79.3 Å². The minimum absolute atomic E-state index is 0.473. The van der Waals surface area contributed by atoms with E-state index in [1.54, 1.807) is 25.2 Å². The van der Waals surface area contributed by atoms with Crippen molar-refractivity contribution < 1.29 is 9.90 Å². The van der Waals surface area contributed by atoms with E-state index in [1.165, 1.54) is 0 Å². The number of aliphatic hydroxyl groups excluding tert-OH is 1. The molecule has 0 rings (SSSR count). The fraction of sp³-hybridized carbons (Fsp3) is 0.364. The maximum absolute atomic E-state index is 10.2. The van der Waals surface area contributed by atoms with E-state index in [2.05, 4.69) is 6.58 Å². The van der Waals surface area contributed by atoms with Crippen molar-refractivity contribution in [2.75, 3.05) is 0 Å². The van der Waals surface area contributed by atoms with Gasteiger partial charge in [0.2, 0.25) is 0 Å². The Balaban J connectivity index is 4.15. The summed E-state index contributed by atoms with van der Waals surface area (Å²) in [6.07, 6.45) is 5.84. The molecule has 0 radical (unpaired) electrons. The molecule has 0 fully saturated rings. The zero-order valence-electron chi connectivity index (χ0n) is 8.16. The van der Waals surface area contributed by atoms with Gasteiger partial charge in [0.1, 0.15) is 6.29 Å². The van der Waals surface area contributed by atoms with Crippen molar-refractivity contribution in [1.29, 1.82) is 0 Å². The van der Waals surface area contributed by atoms with Crippen molar-refractivity contribution in [3.8, 4) is 0 Å². The Morgan fingerprint density at radius 3 is 2.62 bits per heavy atom. The van der Waals surface area contributed by atoms with Gasteiger partial charge < -0.3 is 5.11 Å². The smallest absolute Gasteiger partial charge is 0.145 e. The fourth-order valence-electron chi connectivity index (χ4n) is 0.828. The van der Waals surface area contributed by atoms with Crippen molar-refractivity contribution in [3.05, 3.63) is 36.0 Å². The summed E-state index contributed by atoms with van der Waals surface area (Å²) in [5.74, 6) is 0. The number of allylic oxidation sites excluding steroid dienone is 3. The molecule has 2 heteroatoms. The molecule has 0 aliphatic carbocycles. The molecular weight excluding hydrogens is 164 g/mol. The normalized spacial score (nSPS) is 15.3. The van der Waals surface area contributed by atoms with Crippen LogP contribution in [0.2, 0.25) is 0 Å². The van der Waals surface area contributed by atoms with E-state index in [0.717, 1.165) is 11.9 Å². The lowest BCUT2D eigenvalue weighted by molar-refractivity contribution is -0.104. The summed E-state index contributed by atoms with van der Waals surface area (Å²) in [5.41, 5.74) is 1.50. The summed E-state index contributed by atoms with van der Waals surface area (Å²) in [5, 5.41) is 9.52. The van der Waals surface area contributed by atoms with Crippen LogP contribution in [0.4, 0.5) is 0 Å². The van der Waals surface area contributed by atoms with Crippen molar-refractivity contribution in [2.24, 2.45) is 0 Å². The molecule has 0 unspecified atom stereocenters. The first-order valence-electron chi connectivity index (χ1n) is 4.21. The number of rotatable bonds is 5. The number of carbonyl (C=O) groups excluding carboxylic acids is 1. The third-order valence-electron chi connectivity index (χ3n) is 1.76. The first kappa shape index (κ1) is 11.8. The lowest BCUT2D eigenvalue weighted by Crippen LogP contribution is -2.06. The highest BCUT2D eigenvalue weighted by Gasteiger charge is 2.02. The molecule has 0 heterocycles. The average molecular weight is 180 g/mol. The highest BCUT2D eigenvalue weighted by atomic mass is 16.3. The second kappa shape index (κ2) is 6.38. The summed E-state index contributed by atoms with van der Waals surface area (Å²) >= 11 is 0. The second-order valence-electron chi connectivity index (χ2n) is 2.96. The van der Waals surface area contributed by atoms with Crippen LogP contribution in [0.15, 0.2) is 36.0 Å². The maximum atomic E-state index is 10.2. The largest absolute Gasteiger partial charge is 0.388 e. The molecular formula is C11H16O2. The van der Waals surface area contributed by atoms with Gasteiger partial charge in [-0.15, -0.1) is 0 Å². The van der Waals surface area contributed by atoms with E-state index in [-0.39, 0.29) is 0 Å². The van der Waals surface area contributed by atoms with Crippen LogP contribution in [0.25, 0.3) is 0 Å². The van der Waals surface area contributed by atoms with Crippen LogP contribution in [-0.4, -0.2) is 17.5 Å². The lowest BCUT2D eigenvalue weighted by Gasteiger charge is -2.07. The topological polar surface area (TPSA) is 37.3 Å². The molecule has 0 amide bonds. The number of aliphatic hydroxyl groups is 1. The van der Waals surface area contributed by atoms with Crippen LogP contribution in [-0.2, 0) is 4.79 Å². The third-order valence-corrected chi connectivity index (χ3v) is 1.76. The van der Waals surface area contributed by atoms with Gasteiger partial charge in [-0.05, 0) is 31.4 Å². The van der Waals surface area contributed by atoms with Gasteiger partial charge in [-0.3, -0.25) is 4.79 Å². The Bertz CT molecular complexity index is 236. The van der Waals surface area contributed by atoms with Crippen LogP contribution in [0.3, 0.4) is 0 Å².